The van der Waals surface area contributed by atoms with E-state index >= 15 is 0 Å². The highest BCUT2D eigenvalue weighted by molar-refractivity contribution is 7.98. The fraction of sp³-hybridized carbons (Fsp3) is 0.211. The number of thioether (sulfide) groups is 1. The molecule has 0 unspecified atom stereocenters. The van der Waals surface area contributed by atoms with Gasteiger partial charge in [-0.3, -0.25) is 9.55 Å². The number of pyridine rings is 1. The van der Waals surface area contributed by atoms with Gasteiger partial charge in [-0.25, -0.2) is 0 Å². The van der Waals surface area contributed by atoms with E-state index in [0.29, 0.717) is 23.6 Å². The van der Waals surface area contributed by atoms with Crippen LogP contribution in [0.15, 0.2) is 64.4 Å². The lowest BCUT2D eigenvalue weighted by atomic mass is 10.2. The lowest BCUT2D eigenvalue weighted by molar-refractivity contribution is 0.528. The van der Waals surface area contributed by atoms with Crippen LogP contribution >= 0.6 is 11.8 Å². The Hall–Kier alpha value is -3.00. The van der Waals surface area contributed by atoms with Crippen molar-refractivity contribution in [1.29, 1.82) is 0 Å². The Morgan fingerprint density at radius 2 is 1.81 bits per heavy atom. The van der Waals surface area contributed by atoms with E-state index in [1.54, 1.807) is 18.0 Å². The van der Waals surface area contributed by atoms with Gasteiger partial charge in [-0.2, -0.15) is 0 Å². The number of aromatic nitrogens is 6. The second-order valence-electron chi connectivity index (χ2n) is 6.30. The normalized spacial score (nSPS) is 13.8. The van der Waals surface area contributed by atoms with Gasteiger partial charge in [0, 0.05) is 29.6 Å². The molecule has 4 aromatic rings. The number of benzene rings is 1. The third-order valence-corrected chi connectivity index (χ3v) is 5.24. The lowest BCUT2D eigenvalue weighted by Crippen LogP contribution is -2.00. The molecule has 134 valence electrons. The van der Waals surface area contributed by atoms with Crippen molar-refractivity contribution in [3.05, 3.63) is 60.7 Å². The number of nitrogens with zero attached hydrogens (tertiary/aromatic N) is 6. The molecule has 0 amide bonds. The Morgan fingerprint density at radius 1 is 0.963 bits per heavy atom. The van der Waals surface area contributed by atoms with Gasteiger partial charge in [-0.1, -0.05) is 30.0 Å². The molecule has 0 aliphatic heterocycles. The summed E-state index contributed by atoms with van der Waals surface area (Å²) in [5, 5.41) is 18.0. The molecule has 1 fully saturated rings. The monoisotopic (exact) mass is 376 g/mol. The number of hydrogen-bond acceptors (Lipinski definition) is 7. The van der Waals surface area contributed by atoms with E-state index in [9.17, 15) is 0 Å². The highest BCUT2D eigenvalue weighted by Gasteiger charge is 2.30. The average Bonchev–Trinajstić information content (AvgIpc) is 3.30. The summed E-state index contributed by atoms with van der Waals surface area (Å²) < 4.78 is 7.99. The predicted molar refractivity (Wildman–Crippen MR) is 101 cm³/mol. The molecule has 1 aliphatic carbocycles. The van der Waals surface area contributed by atoms with Gasteiger partial charge >= 0.3 is 0 Å². The molecule has 8 heteroatoms. The first-order valence-corrected chi connectivity index (χ1v) is 9.73. The van der Waals surface area contributed by atoms with Crippen molar-refractivity contribution in [2.75, 3.05) is 0 Å². The van der Waals surface area contributed by atoms with Crippen LogP contribution in [0.3, 0.4) is 0 Å². The van der Waals surface area contributed by atoms with E-state index < -0.39 is 0 Å². The minimum Gasteiger partial charge on any atom is -0.420 e. The molecule has 5 rings (SSSR count). The second kappa shape index (κ2) is 6.96. The van der Waals surface area contributed by atoms with Gasteiger partial charge in [-0.05, 0) is 37.1 Å². The molecule has 27 heavy (non-hydrogen) atoms. The van der Waals surface area contributed by atoms with Gasteiger partial charge in [0.2, 0.25) is 11.8 Å². The molecule has 1 aliphatic rings. The highest BCUT2D eigenvalue weighted by atomic mass is 32.2. The van der Waals surface area contributed by atoms with Crippen LogP contribution < -0.4 is 0 Å². The third-order valence-electron chi connectivity index (χ3n) is 4.31. The van der Waals surface area contributed by atoms with Gasteiger partial charge in [0.15, 0.2) is 11.0 Å². The van der Waals surface area contributed by atoms with Crippen LogP contribution in [-0.4, -0.2) is 29.9 Å². The molecular formula is C19H16N6OS. The highest BCUT2D eigenvalue weighted by Crippen LogP contribution is 2.41. The molecule has 3 heterocycles. The summed E-state index contributed by atoms with van der Waals surface area (Å²) in [5.41, 5.74) is 1.90. The van der Waals surface area contributed by atoms with Crippen molar-refractivity contribution in [1.82, 2.24) is 29.9 Å². The zero-order valence-electron chi connectivity index (χ0n) is 14.4. The van der Waals surface area contributed by atoms with E-state index in [0.717, 1.165) is 34.9 Å². The van der Waals surface area contributed by atoms with E-state index in [1.807, 2.05) is 48.7 Å². The summed E-state index contributed by atoms with van der Waals surface area (Å²) in [6.45, 7) is 0. The van der Waals surface area contributed by atoms with Crippen molar-refractivity contribution < 1.29 is 4.42 Å². The topological polar surface area (TPSA) is 82.5 Å². The Morgan fingerprint density at radius 3 is 2.59 bits per heavy atom. The summed E-state index contributed by atoms with van der Waals surface area (Å²) in [6.07, 6.45) is 5.88. The van der Waals surface area contributed by atoms with Crippen LogP contribution in [-0.2, 0) is 5.75 Å². The first kappa shape index (κ1) is 16.2. The third kappa shape index (κ3) is 3.35. The lowest BCUT2D eigenvalue weighted by Gasteiger charge is -2.07. The second-order valence-corrected chi connectivity index (χ2v) is 7.25. The molecule has 7 nitrogen and oxygen atoms in total. The predicted octanol–water partition coefficient (Wildman–Crippen LogP) is 4.02. The van der Waals surface area contributed by atoms with Crippen LogP contribution in [0.1, 0.15) is 24.8 Å². The van der Waals surface area contributed by atoms with E-state index in [2.05, 4.69) is 29.9 Å². The Labute approximate surface area is 159 Å². The molecule has 0 bridgehead atoms. The van der Waals surface area contributed by atoms with E-state index in [-0.39, 0.29) is 0 Å². The SMILES string of the molecule is c1ccc(-c2nnc(CSc3nnc(-c4cccnc4)n3C3CC3)o2)cc1. The molecule has 0 atom stereocenters. The fourth-order valence-electron chi connectivity index (χ4n) is 2.86. The molecule has 1 saturated carbocycles. The zero-order valence-corrected chi connectivity index (χ0v) is 15.2. The maximum Gasteiger partial charge on any atom is 0.247 e. The minimum atomic E-state index is 0.459. The molecule has 0 spiro atoms. The fourth-order valence-corrected chi connectivity index (χ4v) is 3.71. The number of hydrogen-bond donors (Lipinski definition) is 0. The minimum absolute atomic E-state index is 0.459. The maximum atomic E-state index is 5.79. The molecular weight excluding hydrogens is 360 g/mol. The van der Waals surface area contributed by atoms with E-state index in [4.69, 9.17) is 4.42 Å². The van der Waals surface area contributed by atoms with Crippen LogP contribution in [0.5, 0.6) is 0 Å². The van der Waals surface area contributed by atoms with Crippen LogP contribution in [0.4, 0.5) is 0 Å². The molecule has 0 saturated heterocycles. The molecule has 0 N–H and O–H groups in total. The first-order valence-electron chi connectivity index (χ1n) is 8.74. The van der Waals surface area contributed by atoms with Crippen molar-refractivity contribution in [3.63, 3.8) is 0 Å². The largest absolute Gasteiger partial charge is 0.420 e. The van der Waals surface area contributed by atoms with Gasteiger partial charge in [0.25, 0.3) is 0 Å². The van der Waals surface area contributed by atoms with Gasteiger partial charge in [-0.15, -0.1) is 20.4 Å². The van der Waals surface area contributed by atoms with Crippen LogP contribution in [0, 0.1) is 0 Å². The summed E-state index contributed by atoms with van der Waals surface area (Å²) >= 11 is 1.57. The molecule has 3 aromatic heterocycles. The maximum absolute atomic E-state index is 5.79. The Kier molecular flexibility index (Phi) is 4.17. The zero-order chi connectivity index (χ0) is 18.1. The van der Waals surface area contributed by atoms with Crippen molar-refractivity contribution in [2.45, 2.75) is 29.8 Å². The van der Waals surface area contributed by atoms with Crippen molar-refractivity contribution in [2.24, 2.45) is 0 Å². The molecule has 1 aromatic carbocycles. The Balaban J connectivity index is 1.36. The summed E-state index contributed by atoms with van der Waals surface area (Å²) in [4.78, 5) is 4.20. The number of rotatable bonds is 6. The van der Waals surface area contributed by atoms with Gasteiger partial charge in [0.1, 0.15) is 0 Å². The van der Waals surface area contributed by atoms with Gasteiger partial charge < -0.3 is 4.42 Å². The summed E-state index contributed by atoms with van der Waals surface area (Å²) in [5.74, 6) is 2.53. The smallest absolute Gasteiger partial charge is 0.247 e. The van der Waals surface area contributed by atoms with Crippen molar-refractivity contribution in [3.8, 4) is 22.8 Å². The first-order chi connectivity index (χ1) is 13.4. The average molecular weight is 376 g/mol. The van der Waals surface area contributed by atoms with E-state index in [1.165, 1.54) is 0 Å². The molecule has 0 radical (unpaired) electrons. The standard InChI is InChI=1S/C19H16N6OS/c1-2-5-13(6-3-1)18-23-21-16(26-18)12-27-19-24-22-17(25(19)15-8-9-15)14-7-4-10-20-11-14/h1-7,10-11,15H,8-9,12H2. The Bertz CT molecular complexity index is 1040. The summed E-state index contributed by atoms with van der Waals surface area (Å²) in [7, 11) is 0. The van der Waals surface area contributed by atoms with Crippen molar-refractivity contribution >= 4 is 11.8 Å². The quantitative estimate of drug-likeness (QED) is 0.470. The summed E-state index contributed by atoms with van der Waals surface area (Å²) in [6, 6.07) is 14.1. The van der Waals surface area contributed by atoms with Crippen LogP contribution in [0.25, 0.3) is 22.8 Å². The van der Waals surface area contributed by atoms with Gasteiger partial charge in [0.05, 0.1) is 5.75 Å². The van der Waals surface area contributed by atoms with Crippen LogP contribution in [0.2, 0.25) is 0 Å².